The monoisotopic (exact) mass is 310 g/mol. The highest BCUT2D eigenvalue weighted by atomic mass is 32.2. The molecule has 1 aliphatic heterocycles. The van der Waals surface area contributed by atoms with Gasteiger partial charge in [0.1, 0.15) is 6.04 Å². The van der Waals surface area contributed by atoms with Gasteiger partial charge < -0.3 is 10.4 Å². The van der Waals surface area contributed by atoms with Gasteiger partial charge in [0, 0.05) is 11.9 Å². The number of aromatic nitrogens is 2. The van der Waals surface area contributed by atoms with Crippen molar-refractivity contribution in [2.24, 2.45) is 0 Å². The second-order valence-corrected chi connectivity index (χ2v) is 5.98. The maximum atomic E-state index is 12.3. The van der Waals surface area contributed by atoms with E-state index in [9.17, 15) is 14.7 Å². The van der Waals surface area contributed by atoms with Crippen molar-refractivity contribution in [2.45, 2.75) is 38.2 Å². The number of aliphatic carboxylic acids is 1. The lowest BCUT2D eigenvalue weighted by atomic mass is 10.3. The number of hydrogen-bond acceptors (Lipinski definition) is 5. The van der Waals surface area contributed by atoms with E-state index >= 15 is 0 Å². The quantitative estimate of drug-likeness (QED) is 0.868. The van der Waals surface area contributed by atoms with Gasteiger partial charge in [-0.25, -0.2) is 9.59 Å². The topological polar surface area (TPSA) is 95.4 Å². The van der Waals surface area contributed by atoms with Crippen LogP contribution in [0.4, 0.5) is 4.79 Å². The summed E-state index contributed by atoms with van der Waals surface area (Å²) in [6, 6.07) is -1.15. The second-order valence-electron chi connectivity index (χ2n) is 4.77. The largest absolute Gasteiger partial charge is 0.480 e. The molecule has 1 aromatic heterocycles. The molecule has 0 spiro atoms. The van der Waals surface area contributed by atoms with Crippen molar-refractivity contribution in [1.82, 2.24) is 20.2 Å². The lowest BCUT2D eigenvalue weighted by Gasteiger charge is -2.26. The predicted octanol–water partition coefficient (Wildman–Crippen LogP) is 1.23. The number of nitrogens with zero attached hydrogens (tertiary/aromatic N) is 3. The third-order valence-corrected chi connectivity index (χ3v) is 4.67. The highest BCUT2D eigenvalue weighted by molar-refractivity contribution is 8.00. The number of hydrogen-bond donors (Lipinski definition) is 2. The number of carbonyl (C=O) groups is 2. The molecular formula is C13H18N4O3S. The summed E-state index contributed by atoms with van der Waals surface area (Å²) in [4.78, 5) is 33.2. The molecule has 2 atom stereocenters. The van der Waals surface area contributed by atoms with Crippen LogP contribution in [0.15, 0.2) is 12.4 Å². The summed E-state index contributed by atoms with van der Waals surface area (Å²) in [5.41, 5.74) is 1.44. The van der Waals surface area contributed by atoms with Crippen LogP contribution < -0.4 is 5.32 Å². The molecule has 0 saturated carbocycles. The van der Waals surface area contributed by atoms with Crippen LogP contribution in [0, 0.1) is 6.92 Å². The van der Waals surface area contributed by atoms with Crippen LogP contribution in [0.1, 0.15) is 24.7 Å². The molecule has 1 aromatic rings. The molecule has 2 unspecified atom stereocenters. The highest BCUT2D eigenvalue weighted by Crippen LogP contribution is 2.31. The number of carboxylic acids is 1. The van der Waals surface area contributed by atoms with Crippen LogP contribution in [0.25, 0.3) is 0 Å². The van der Waals surface area contributed by atoms with Gasteiger partial charge in [0.15, 0.2) is 0 Å². The molecule has 8 heteroatoms. The zero-order valence-electron chi connectivity index (χ0n) is 11.9. The van der Waals surface area contributed by atoms with Crippen molar-refractivity contribution in [3.63, 3.8) is 0 Å². The van der Waals surface area contributed by atoms with Crippen LogP contribution in [0.5, 0.6) is 0 Å². The van der Waals surface area contributed by atoms with Gasteiger partial charge in [0.05, 0.1) is 29.5 Å². The number of nitrogens with one attached hydrogen (secondary N) is 1. The van der Waals surface area contributed by atoms with Crippen LogP contribution in [-0.2, 0) is 11.3 Å². The van der Waals surface area contributed by atoms with E-state index in [4.69, 9.17) is 0 Å². The maximum Gasteiger partial charge on any atom is 0.327 e. The van der Waals surface area contributed by atoms with E-state index in [1.807, 2.05) is 13.8 Å². The van der Waals surface area contributed by atoms with E-state index in [-0.39, 0.29) is 17.9 Å². The minimum Gasteiger partial charge on any atom is -0.480 e. The van der Waals surface area contributed by atoms with Crippen LogP contribution in [0.3, 0.4) is 0 Å². The first kappa shape index (κ1) is 15.6. The summed E-state index contributed by atoms with van der Waals surface area (Å²) >= 11 is 1.50. The van der Waals surface area contributed by atoms with Gasteiger partial charge in [-0.3, -0.25) is 14.9 Å². The van der Waals surface area contributed by atoms with Crippen molar-refractivity contribution in [1.29, 1.82) is 0 Å². The SMILES string of the molecule is CCC1SCC(C(=O)O)N1C(=O)NCc1cnc(C)cn1. The minimum absolute atomic E-state index is 0.102. The van der Waals surface area contributed by atoms with Gasteiger partial charge in [0.25, 0.3) is 0 Å². The fraction of sp³-hybridized carbons (Fsp3) is 0.538. The predicted molar refractivity (Wildman–Crippen MR) is 78.8 cm³/mol. The first-order chi connectivity index (χ1) is 10.0. The molecule has 0 aromatic carbocycles. The second kappa shape index (κ2) is 6.75. The van der Waals surface area contributed by atoms with E-state index in [2.05, 4.69) is 15.3 Å². The third kappa shape index (κ3) is 3.63. The van der Waals surface area contributed by atoms with E-state index in [1.54, 1.807) is 12.4 Å². The van der Waals surface area contributed by atoms with E-state index in [0.29, 0.717) is 17.9 Å². The third-order valence-electron chi connectivity index (χ3n) is 3.22. The molecule has 1 fully saturated rings. The van der Waals surface area contributed by atoms with Gasteiger partial charge >= 0.3 is 12.0 Å². The van der Waals surface area contributed by atoms with E-state index < -0.39 is 12.0 Å². The molecule has 2 amide bonds. The Morgan fingerprint density at radius 3 is 2.81 bits per heavy atom. The molecule has 2 N–H and O–H groups in total. The molecule has 2 heterocycles. The number of carboxylic acid groups (broad SMARTS) is 1. The Hall–Kier alpha value is -1.83. The summed E-state index contributed by atoms with van der Waals surface area (Å²) in [6.45, 7) is 4.00. The minimum atomic E-state index is -0.969. The van der Waals surface area contributed by atoms with Gasteiger partial charge in [-0.05, 0) is 13.3 Å². The molecule has 21 heavy (non-hydrogen) atoms. The standard InChI is InChI=1S/C13H18N4O3S/c1-3-11-17(10(7-21-11)12(18)19)13(20)16-6-9-5-14-8(2)4-15-9/h4-5,10-11H,3,6-7H2,1-2H3,(H,16,20)(H,18,19). The zero-order chi connectivity index (χ0) is 15.4. The van der Waals surface area contributed by atoms with Gasteiger partial charge in [-0.1, -0.05) is 6.92 Å². The van der Waals surface area contributed by atoms with Crippen molar-refractivity contribution in [2.75, 3.05) is 5.75 Å². The van der Waals surface area contributed by atoms with E-state index in [0.717, 1.165) is 5.69 Å². The number of amides is 2. The van der Waals surface area contributed by atoms with Crippen LogP contribution in [0.2, 0.25) is 0 Å². The average molecular weight is 310 g/mol. The van der Waals surface area contributed by atoms with Crippen molar-refractivity contribution in [3.8, 4) is 0 Å². The molecular weight excluding hydrogens is 292 g/mol. The zero-order valence-corrected chi connectivity index (χ0v) is 12.8. The van der Waals surface area contributed by atoms with E-state index in [1.165, 1.54) is 16.7 Å². The molecule has 1 saturated heterocycles. The first-order valence-electron chi connectivity index (χ1n) is 6.71. The summed E-state index contributed by atoms with van der Waals surface area (Å²) in [7, 11) is 0. The number of thioether (sulfide) groups is 1. The summed E-state index contributed by atoms with van der Waals surface area (Å²) in [6.07, 6.45) is 3.94. The van der Waals surface area contributed by atoms with Crippen molar-refractivity contribution in [3.05, 3.63) is 23.8 Å². The molecule has 0 radical (unpaired) electrons. The lowest BCUT2D eigenvalue weighted by molar-refractivity contribution is -0.141. The Labute approximate surface area is 127 Å². The molecule has 7 nitrogen and oxygen atoms in total. The Kier molecular flexibility index (Phi) is 5.00. The van der Waals surface area contributed by atoms with Crippen LogP contribution in [-0.4, -0.2) is 49.1 Å². The summed E-state index contributed by atoms with van der Waals surface area (Å²) in [5.74, 6) is -0.547. The van der Waals surface area contributed by atoms with Gasteiger partial charge in [-0.15, -0.1) is 11.8 Å². The fourth-order valence-electron chi connectivity index (χ4n) is 2.11. The smallest absolute Gasteiger partial charge is 0.327 e. The fourth-order valence-corrected chi connectivity index (χ4v) is 3.46. The Morgan fingerprint density at radius 2 is 2.24 bits per heavy atom. The first-order valence-corrected chi connectivity index (χ1v) is 7.76. The Bertz CT molecular complexity index is 523. The molecule has 2 rings (SSSR count). The Morgan fingerprint density at radius 1 is 1.48 bits per heavy atom. The lowest BCUT2D eigenvalue weighted by Crippen LogP contribution is -2.49. The average Bonchev–Trinajstić information content (AvgIpc) is 2.90. The summed E-state index contributed by atoms with van der Waals surface area (Å²) < 4.78 is 0. The molecule has 0 bridgehead atoms. The number of aryl methyl sites for hydroxylation is 1. The highest BCUT2D eigenvalue weighted by Gasteiger charge is 2.40. The van der Waals surface area contributed by atoms with Crippen molar-refractivity contribution >= 4 is 23.8 Å². The van der Waals surface area contributed by atoms with Crippen molar-refractivity contribution < 1.29 is 14.7 Å². The maximum absolute atomic E-state index is 12.3. The molecule has 114 valence electrons. The normalized spacial score (nSPS) is 21.3. The van der Waals surface area contributed by atoms with Crippen LogP contribution >= 0.6 is 11.8 Å². The number of urea groups is 1. The molecule has 0 aliphatic carbocycles. The summed E-state index contributed by atoms with van der Waals surface area (Å²) in [5, 5.41) is 11.8. The number of carbonyl (C=O) groups excluding carboxylic acids is 1. The number of rotatable bonds is 4. The molecule has 1 aliphatic rings. The van der Waals surface area contributed by atoms with Gasteiger partial charge in [-0.2, -0.15) is 0 Å². The Balaban J connectivity index is 2.00. The van der Waals surface area contributed by atoms with Gasteiger partial charge in [0.2, 0.25) is 0 Å².